The van der Waals surface area contributed by atoms with Gasteiger partial charge in [-0.05, 0) is 49.5 Å². The van der Waals surface area contributed by atoms with Gasteiger partial charge in [0.15, 0.2) is 5.65 Å². The first kappa shape index (κ1) is 21.6. The number of hydrogen-bond acceptors (Lipinski definition) is 7. The van der Waals surface area contributed by atoms with Crippen LogP contribution >= 0.6 is 15.9 Å². The Labute approximate surface area is 179 Å². The SMILES string of the molecule is CCc1cnn2c(N)c(Br)c(N3CC[C@H](NCCNC(=O)OC(C)(C)C)C3)nc12. The van der Waals surface area contributed by atoms with Gasteiger partial charge in [0.05, 0.1) is 6.20 Å². The van der Waals surface area contributed by atoms with Crippen LogP contribution in [0.4, 0.5) is 16.4 Å². The number of carbonyl (C=O) groups excluding carboxylic acids is 1. The van der Waals surface area contributed by atoms with Gasteiger partial charge in [0.1, 0.15) is 21.7 Å². The number of alkyl carbamates (subject to hydrolysis) is 1. The minimum absolute atomic E-state index is 0.317. The maximum atomic E-state index is 11.7. The second-order valence-corrected chi connectivity index (χ2v) is 9.00. The number of rotatable bonds is 6. The molecule has 0 spiro atoms. The predicted molar refractivity (Wildman–Crippen MR) is 117 cm³/mol. The number of anilines is 2. The Morgan fingerprint density at radius 1 is 1.41 bits per heavy atom. The molecule has 160 valence electrons. The number of fused-ring (bicyclic) bond motifs is 1. The van der Waals surface area contributed by atoms with Crippen LogP contribution in [0.3, 0.4) is 0 Å². The average molecular weight is 468 g/mol. The third-order valence-corrected chi connectivity index (χ3v) is 5.53. The van der Waals surface area contributed by atoms with Gasteiger partial charge in [-0.2, -0.15) is 9.61 Å². The number of nitrogens with one attached hydrogen (secondary N) is 2. The molecular weight excluding hydrogens is 438 g/mol. The monoisotopic (exact) mass is 467 g/mol. The fourth-order valence-electron chi connectivity index (χ4n) is 3.36. The molecule has 3 rings (SSSR count). The topological polar surface area (TPSA) is 110 Å². The van der Waals surface area contributed by atoms with E-state index >= 15 is 0 Å². The van der Waals surface area contributed by atoms with Crippen LogP contribution in [0.5, 0.6) is 0 Å². The molecule has 29 heavy (non-hydrogen) atoms. The van der Waals surface area contributed by atoms with Crippen molar-refractivity contribution in [1.82, 2.24) is 25.2 Å². The highest BCUT2D eigenvalue weighted by Crippen LogP contribution is 2.33. The molecule has 2 aromatic heterocycles. The standard InChI is InChI=1S/C19H30BrN7O2/c1-5-12-10-24-27-15(21)14(20)17(25-16(12)27)26-9-6-13(11-26)22-7-8-23-18(28)29-19(2,3)4/h10,13,22H,5-9,11,21H2,1-4H3,(H,23,28)/t13-/m0/s1. The molecule has 1 aliphatic heterocycles. The van der Waals surface area contributed by atoms with Crippen LogP contribution in [0.1, 0.15) is 39.7 Å². The number of nitrogen functional groups attached to an aromatic ring is 1. The normalized spacial score (nSPS) is 17.1. The number of halogens is 1. The molecule has 1 atom stereocenters. The number of aryl methyl sites for hydroxylation is 1. The van der Waals surface area contributed by atoms with Gasteiger partial charge in [-0.25, -0.2) is 9.78 Å². The van der Waals surface area contributed by atoms with Crippen molar-refractivity contribution in [1.29, 1.82) is 0 Å². The summed E-state index contributed by atoms with van der Waals surface area (Å²) in [7, 11) is 0. The summed E-state index contributed by atoms with van der Waals surface area (Å²) < 4.78 is 7.69. The van der Waals surface area contributed by atoms with E-state index in [0.29, 0.717) is 24.9 Å². The number of ether oxygens (including phenoxy) is 1. The van der Waals surface area contributed by atoms with Crippen molar-refractivity contribution >= 4 is 39.3 Å². The first-order valence-electron chi connectivity index (χ1n) is 9.96. The van der Waals surface area contributed by atoms with E-state index in [1.165, 1.54) is 0 Å². The molecule has 9 nitrogen and oxygen atoms in total. The number of nitrogens with two attached hydrogens (primary N) is 1. The third kappa shape index (κ3) is 5.11. The van der Waals surface area contributed by atoms with E-state index in [-0.39, 0.29) is 0 Å². The molecule has 0 aliphatic carbocycles. The van der Waals surface area contributed by atoms with Crippen LogP contribution in [0.25, 0.3) is 5.65 Å². The Balaban J connectivity index is 1.56. The quantitative estimate of drug-likeness (QED) is 0.559. The van der Waals surface area contributed by atoms with Crippen molar-refractivity contribution in [2.75, 3.05) is 36.8 Å². The van der Waals surface area contributed by atoms with E-state index in [9.17, 15) is 4.79 Å². The number of hydrogen-bond donors (Lipinski definition) is 3. The molecular formula is C19H30BrN7O2. The zero-order valence-corrected chi connectivity index (χ0v) is 19.0. The van der Waals surface area contributed by atoms with Crippen LogP contribution in [0.15, 0.2) is 10.7 Å². The molecule has 0 aromatic carbocycles. The summed E-state index contributed by atoms with van der Waals surface area (Å²) in [6, 6.07) is 0.317. The molecule has 0 saturated carbocycles. The second-order valence-electron chi connectivity index (χ2n) is 8.21. The van der Waals surface area contributed by atoms with Crippen molar-refractivity contribution in [3.63, 3.8) is 0 Å². The van der Waals surface area contributed by atoms with E-state index in [4.69, 9.17) is 15.5 Å². The summed E-state index contributed by atoms with van der Waals surface area (Å²) in [5, 5.41) is 10.6. The van der Waals surface area contributed by atoms with Gasteiger partial charge < -0.3 is 26.0 Å². The average Bonchev–Trinajstić information content (AvgIpc) is 3.27. The summed E-state index contributed by atoms with van der Waals surface area (Å²) in [5.41, 5.74) is 7.68. The van der Waals surface area contributed by atoms with Crippen molar-refractivity contribution < 1.29 is 9.53 Å². The van der Waals surface area contributed by atoms with Crippen LogP contribution in [0.2, 0.25) is 0 Å². The number of nitrogens with zero attached hydrogens (tertiary/aromatic N) is 4. The molecule has 2 aromatic rings. The third-order valence-electron chi connectivity index (χ3n) is 4.77. The summed E-state index contributed by atoms with van der Waals surface area (Å²) in [4.78, 5) is 18.8. The van der Waals surface area contributed by atoms with Gasteiger partial charge >= 0.3 is 6.09 Å². The van der Waals surface area contributed by atoms with Gasteiger partial charge in [0.25, 0.3) is 0 Å². The zero-order chi connectivity index (χ0) is 21.2. The Bertz CT molecular complexity index is 878. The fraction of sp³-hybridized carbons (Fsp3) is 0.632. The smallest absolute Gasteiger partial charge is 0.407 e. The summed E-state index contributed by atoms with van der Waals surface area (Å²) >= 11 is 3.59. The molecule has 10 heteroatoms. The number of aromatic nitrogens is 3. The summed E-state index contributed by atoms with van der Waals surface area (Å²) in [6.45, 7) is 10.5. The van der Waals surface area contributed by atoms with E-state index in [0.717, 1.165) is 47.4 Å². The van der Waals surface area contributed by atoms with Crippen LogP contribution in [0, 0.1) is 0 Å². The molecule has 0 bridgehead atoms. The molecule has 4 N–H and O–H groups in total. The highest BCUT2D eigenvalue weighted by molar-refractivity contribution is 9.10. The van der Waals surface area contributed by atoms with E-state index in [2.05, 4.69) is 43.5 Å². The predicted octanol–water partition coefficient (Wildman–Crippen LogP) is 2.33. The van der Waals surface area contributed by atoms with Crippen LogP contribution < -0.4 is 21.3 Å². The maximum Gasteiger partial charge on any atom is 0.407 e. The molecule has 1 saturated heterocycles. The highest BCUT2D eigenvalue weighted by atomic mass is 79.9. The Kier molecular flexibility index (Phi) is 6.52. The first-order chi connectivity index (χ1) is 13.7. The Morgan fingerprint density at radius 2 is 2.17 bits per heavy atom. The summed E-state index contributed by atoms with van der Waals surface area (Å²) in [6.07, 6.45) is 3.27. The zero-order valence-electron chi connectivity index (χ0n) is 17.5. The number of amides is 1. The maximum absolute atomic E-state index is 11.7. The van der Waals surface area contributed by atoms with Gasteiger partial charge in [-0.15, -0.1) is 0 Å². The first-order valence-corrected chi connectivity index (χ1v) is 10.8. The second kappa shape index (κ2) is 8.74. The lowest BCUT2D eigenvalue weighted by molar-refractivity contribution is 0.0528. The molecule has 0 unspecified atom stereocenters. The largest absolute Gasteiger partial charge is 0.444 e. The lowest BCUT2D eigenvalue weighted by atomic mass is 10.2. The van der Waals surface area contributed by atoms with Crippen molar-refractivity contribution in [2.24, 2.45) is 0 Å². The molecule has 1 amide bonds. The molecule has 1 fully saturated rings. The van der Waals surface area contributed by atoms with Gasteiger partial charge in [0.2, 0.25) is 0 Å². The van der Waals surface area contributed by atoms with Crippen molar-refractivity contribution in [3.8, 4) is 0 Å². The minimum atomic E-state index is -0.486. The Hall–Kier alpha value is -2.07. The van der Waals surface area contributed by atoms with Crippen LogP contribution in [-0.2, 0) is 11.2 Å². The lowest BCUT2D eigenvalue weighted by Gasteiger charge is -2.21. The van der Waals surface area contributed by atoms with Gasteiger partial charge in [0, 0.05) is 37.8 Å². The van der Waals surface area contributed by atoms with Crippen LogP contribution in [-0.4, -0.2) is 58.5 Å². The molecule has 3 heterocycles. The van der Waals surface area contributed by atoms with E-state index in [1.807, 2.05) is 27.0 Å². The van der Waals surface area contributed by atoms with E-state index < -0.39 is 11.7 Å². The number of carbonyl (C=O) groups is 1. The Morgan fingerprint density at radius 3 is 2.86 bits per heavy atom. The lowest BCUT2D eigenvalue weighted by Crippen LogP contribution is -2.40. The van der Waals surface area contributed by atoms with Gasteiger partial charge in [-0.3, -0.25) is 0 Å². The fourth-order valence-corrected chi connectivity index (χ4v) is 3.87. The minimum Gasteiger partial charge on any atom is -0.444 e. The molecule has 0 radical (unpaired) electrons. The highest BCUT2D eigenvalue weighted by Gasteiger charge is 2.27. The van der Waals surface area contributed by atoms with Crippen molar-refractivity contribution in [2.45, 2.75) is 52.2 Å². The van der Waals surface area contributed by atoms with Gasteiger partial charge in [-0.1, -0.05) is 6.92 Å². The van der Waals surface area contributed by atoms with E-state index in [1.54, 1.807) is 4.52 Å². The van der Waals surface area contributed by atoms with Crippen molar-refractivity contribution in [3.05, 3.63) is 16.2 Å². The summed E-state index contributed by atoms with van der Waals surface area (Å²) in [5.74, 6) is 1.41. The molecule has 1 aliphatic rings.